The van der Waals surface area contributed by atoms with Crippen LogP contribution in [-0.2, 0) is 16.2 Å². The lowest BCUT2D eigenvalue weighted by atomic mass is 10.1. The molecule has 0 aliphatic rings. The molecule has 0 heterocycles. The molecule has 0 saturated carbocycles. The zero-order chi connectivity index (χ0) is 16.3. The third kappa shape index (κ3) is 5.55. The smallest absolute Gasteiger partial charge is 0.385 e. The van der Waals surface area contributed by atoms with E-state index in [1.165, 1.54) is 0 Å². The fraction of sp³-hybridized carbons (Fsp3) is 0.400. The Hall–Kier alpha value is -1.88. The Morgan fingerprint density at radius 2 is 1.95 bits per heavy atom. The highest BCUT2D eigenvalue weighted by Gasteiger charge is 2.38. The van der Waals surface area contributed by atoms with E-state index in [1.807, 2.05) is 0 Å². The van der Waals surface area contributed by atoms with Gasteiger partial charge in [-0.1, -0.05) is 0 Å². The van der Waals surface area contributed by atoms with E-state index in [1.54, 1.807) is 0 Å². The summed E-state index contributed by atoms with van der Waals surface area (Å²) in [5.74, 6) is -0.320. The fourth-order valence-electron chi connectivity index (χ4n) is 1.54. The molecule has 21 heavy (non-hydrogen) atoms. The van der Waals surface area contributed by atoms with Gasteiger partial charge in [0, 0.05) is 18.3 Å². The standard InChI is InChI=1S/C10H12F3N3O4S/c11-10(12,13)8-6-7(2-3-9(8)16(17)18)15-4-1-5-21(14,19)20/h2-3,6,15H,1,4-5H2,(H2,14,19,20). The van der Waals surface area contributed by atoms with E-state index < -0.39 is 32.4 Å². The van der Waals surface area contributed by atoms with Crippen molar-refractivity contribution in [3.05, 3.63) is 33.9 Å². The van der Waals surface area contributed by atoms with Gasteiger partial charge in [-0.2, -0.15) is 13.2 Å². The lowest BCUT2D eigenvalue weighted by Gasteiger charge is -2.11. The van der Waals surface area contributed by atoms with E-state index in [4.69, 9.17) is 5.14 Å². The monoisotopic (exact) mass is 327 g/mol. The number of rotatable bonds is 6. The van der Waals surface area contributed by atoms with Crippen LogP contribution < -0.4 is 10.5 Å². The molecular weight excluding hydrogens is 315 g/mol. The van der Waals surface area contributed by atoms with Crippen molar-refractivity contribution in [1.82, 2.24) is 0 Å². The van der Waals surface area contributed by atoms with Crippen LogP contribution in [0.3, 0.4) is 0 Å². The SMILES string of the molecule is NS(=O)(=O)CCCNc1ccc([N+](=O)[O-])c(C(F)(F)F)c1. The number of primary sulfonamides is 1. The maximum absolute atomic E-state index is 12.7. The fourth-order valence-corrected chi connectivity index (χ4v) is 2.09. The Balaban J connectivity index is 2.84. The van der Waals surface area contributed by atoms with E-state index >= 15 is 0 Å². The van der Waals surface area contributed by atoms with E-state index in [2.05, 4.69) is 5.32 Å². The second-order valence-corrected chi connectivity index (χ2v) is 5.87. The molecule has 0 radical (unpaired) electrons. The van der Waals surface area contributed by atoms with Crippen molar-refractivity contribution in [1.29, 1.82) is 0 Å². The minimum absolute atomic E-state index is 0.00217. The minimum atomic E-state index is -4.86. The van der Waals surface area contributed by atoms with Crippen LogP contribution in [0.1, 0.15) is 12.0 Å². The normalized spacial score (nSPS) is 12.2. The number of nitrogens with one attached hydrogen (secondary N) is 1. The van der Waals surface area contributed by atoms with E-state index in [0.29, 0.717) is 6.07 Å². The zero-order valence-electron chi connectivity index (χ0n) is 10.6. The number of hydrogen-bond donors (Lipinski definition) is 2. The van der Waals surface area contributed by atoms with Crippen LogP contribution in [-0.4, -0.2) is 25.6 Å². The van der Waals surface area contributed by atoms with Crippen molar-refractivity contribution < 1.29 is 26.5 Å². The van der Waals surface area contributed by atoms with Gasteiger partial charge in [-0.05, 0) is 18.6 Å². The summed E-state index contributed by atoms with van der Waals surface area (Å²) in [5.41, 5.74) is -2.41. The number of sulfonamides is 1. The number of nitrogens with two attached hydrogens (primary N) is 1. The van der Waals surface area contributed by atoms with Gasteiger partial charge in [0.1, 0.15) is 5.56 Å². The van der Waals surface area contributed by atoms with E-state index in [-0.39, 0.29) is 24.4 Å². The molecule has 118 valence electrons. The van der Waals surface area contributed by atoms with Crippen molar-refractivity contribution in [2.24, 2.45) is 5.14 Å². The first kappa shape index (κ1) is 17.2. The maximum atomic E-state index is 12.7. The van der Waals surface area contributed by atoms with E-state index in [9.17, 15) is 31.7 Å². The van der Waals surface area contributed by atoms with Gasteiger partial charge in [0.15, 0.2) is 0 Å². The Kier molecular flexibility index (Phi) is 5.12. The lowest BCUT2D eigenvalue weighted by Crippen LogP contribution is -2.18. The number of nitro groups is 1. The number of alkyl halides is 3. The summed E-state index contributed by atoms with van der Waals surface area (Å²) in [5, 5.41) is 17.9. The molecule has 1 rings (SSSR count). The Morgan fingerprint density at radius 3 is 2.43 bits per heavy atom. The molecule has 7 nitrogen and oxygen atoms in total. The van der Waals surface area contributed by atoms with Gasteiger partial charge in [-0.25, -0.2) is 13.6 Å². The largest absolute Gasteiger partial charge is 0.423 e. The maximum Gasteiger partial charge on any atom is 0.423 e. The van der Waals surface area contributed by atoms with Gasteiger partial charge in [0.2, 0.25) is 10.0 Å². The summed E-state index contributed by atoms with van der Waals surface area (Å²) in [7, 11) is -3.64. The molecule has 0 spiro atoms. The van der Waals surface area contributed by atoms with Crippen molar-refractivity contribution in [3.63, 3.8) is 0 Å². The average molecular weight is 327 g/mol. The summed E-state index contributed by atoms with van der Waals surface area (Å²) >= 11 is 0. The van der Waals surface area contributed by atoms with Crippen LogP contribution in [0, 0.1) is 10.1 Å². The molecule has 1 aromatic carbocycles. The van der Waals surface area contributed by atoms with Gasteiger partial charge >= 0.3 is 6.18 Å². The zero-order valence-corrected chi connectivity index (χ0v) is 11.4. The highest BCUT2D eigenvalue weighted by molar-refractivity contribution is 7.89. The van der Waals surface area contributed by atoms with Crippen LogP contribution in [0.4, 0.5) is 24.5 Å². The topological polar surface area (TPSA) is 115 Å². The Bertz CT molecular complexity index is 631. The predicted molar refractivity (Wildman–Crippen MR) is 69.2 cm³/mol. The van der Waals surface area contributed by atoms with Gasteiger partial charge in [0.25, 0.3) is 5.69 Å². The molecule has 0 aliphatic heterocycles. The van der Waals surface area contributed by atoms with Crippen molar-refractivity contribution in [2.75, 3.05) is 17.6 Å². The Labute approximate surface area is 118 Å². The van der Waals surface area contributed by atoms with E-state index in [0.717, 1.165) is 12.1 Å². The summed E-state index contributed by atoms with van der Waals surface area (Å²) < 4.78 is 59.5. The molecule has 0 atom stereocenters. The van der Waals surface area contributed by atoms with Crippen LogP contribution in [0.2, 0.25) is 0 Å². The summed E-state index contributed by atoms with van der Waals surface area (Å²) in [6, 6.07) is 2.46. The van der Waals surface area contributed by atoms with Crippen LogP contribution >= 0.6 is 0 Å². The summed E-state index contributed by atoms with van der Waals surface area (Å²) in [6.45, 7) is 0.0610. The molecule has 0 aliphatic carbocycles. The van der Waals surface area contributed by atoms with Crippen LogP contribution in [0.5, 0.6) is 0 Å². The number of nitro benzene ring substituents is 1. The second-order valence-electron chi connectivity index (χ2n) is 4.13. The van der Waals surface area contributed by atoms with Gasteiger partial charge in [0.05, 0.1) is 10.7 Å². The minimum Gasteiger partial charge on any atom is -0.385 e. The highest BCUT2D eigenvalue weighted by atomic mass is 32.2. The van der Waals surface area contributed by atoms with Crippen molar-refractivity contribution in [2.45, 2.75) is 12.6 Å². The number of benzene rings is 1. The molecule has 0 fully saturated rings. The average Bonchev–Trinajstić information content (AvgIpc) is 2.32. The second kappa shape index (κ2) is 6.26. The molecule has 0 amide bonds. The molecule has 0 bridgehead atoms. The molecule has 3 N–H and O–H groups in total. The molecule has 0 aromatic heterocycles. The third-order valence-electron chi connectivity index (χ3n) is 2.43. The van der Waals surface area contributed by atoms with Crippen molar-refractivity contribution in [3.8, 4) is 0 Å². The quantitative estimate of drug-likeness (QED) is 0.469. The molecule has 0 unspecified atom stereocenters. The highest BCUT2D eigenvalue weighted by Crippen LogP contribution is 2.37. The summed E-state index contributed by atoms with van der Waals surface area (Å²) in [6.07, 6.45) is -4.77. The number of nitrogens with zero attached hydrogens (tertiary/aromatic N) is 1. The first-order chi connectivity index (χ1) is 9.50. The molecular formula is C10H12F3N3O4S. The molecule has 1 aromatic rings. The van der Waals surface area contributed by atoms with Crippen molar-refractivity contribution >= 4 is 21.4 Å². The van der Waals surface area contributed by atoms with Crippen LogP contribution in [0.15, 0.2) is 18.2 Å². The van der Waals surface area contributed by atoms with Gasteiger partial charge < -0.3 is 5.32 Å². The van der Waals surface area contributed by atoms with Crippen LogP contribution in [0.25, 0.3) is 0 Å². The Morgan fingerprint density at radius 1 is 1.33 bits per heavy atom. The third-order valence-corrected chi connectivity index (χ3v) is 3.29. The van der Waals surface area contributed by atoms with Gasteiger partial charge in [-0.3, -0.25) is 10.1 Å². The number of hydrogen-bond acceptors (Lipinski definition) is 5. The predicted octanol–water partition coefficient (Wildman–Crippen LogP) is 1.70. The first-order valence-corrected chi connectivity index (χ1v) is 7.32. The molecule has 11 heteroatoms. The lowest BCUT2D eigenvalue weighted by molar-refractivity contribution is -0.388. The number of halogens is 3. The summed E-state index contributed by atoms with van der Waals surface area (Å²) in [4.78, 5) is 9.44. The number of anilines is 1. The first-order valence-electron chi connectivity index (χ1n) is 5.60. The van der Waals surface area contributed by atoms with Gasteiger partial charge in [-0.15, -0.1) is 0 Å². The molecule has 0 saturated heterocycles.